The number of rotatable bonds is 6. The zero-order chi connectivity index (χ0) is 13.5. The summed E-state index contributed by atoms with van der Waals surface area (Å²) in [5, 5.41) is 3.73. The summed E-state index contributed by atoms with van der Waals surface area (Å²) >= 11 is 0. The summed E-state index contributed by atoms with van der Waals surface area (Å²) in [6.45, 7) is 9.33. The number of nitrogens with one attached hydrogen (secondary N) is 1. The Kier molecular flexibility index (Phi) is 5.87. The molecule has 1 N–H and O–H groups in total. The first-order valence-electron chi connectivity index (χ1n) is 7.83. The number of hydrogen-bond donors (Lipinski definition) is 1. The SMILES string of the molecule is CCCNC1CCN(Cc2ccccc2)CC1CC. The van der Waals surface area contributed by atoms with E-state index in [2.05, 4.69) is 54.4 Å². The Bertz CT molecular complexity index is 350. The van der Waals surface area contributed by atoms with E-state index in [4.69, 9.17) is 0 Å². The quantitative estimate of drug-likeness (QED) is 0.844. The van der Waals surface area contributed by atoms with Gasteiger partial charge in [-0.25, -0.2) is 0 Å². The Morgan fingerprint density at radius 3 is 2.68 bits per heavy atom. The lowest BCUT2D eigenvalue weighted by Crippen LogP contribution is -2.49. The molecule has 1 aliphatic rings. The standard InChI is InChI=1S/C17H28N2/c1-3-11-18-17-10-12-19(14-16(17)4-2)13-15-8-6-5-7-9-15/h5-9,16-18H,3-4,10-14H2,1-2H3. The average Bonchev–Trinajstić information content (AvgIpc) is 2.47. The molecule has 1 heterocycles. The molecule has 0 bridgehead atoms. The number of likely N-dealkylation sites (tertiary alicyclic amines) is 1. The van der Waals surface area contributed by atoms with Crippen LogP contribution in [0.4, 0.5) is 0 Å². The Morgan fingerprint density at radius 2 is 2.00 bits per heavy atom. The van der Waals surface area contributed by atoms with E-state index in [-0.39, 0.29) is 0 Å². The highest BCUT2D eigenvalue weighted by molar-refractivity contribution is 5.14. The van der Waals surface area contributed by atoms with Crippen LogP contribution in [0.1, 0.15) is 38.7 Å². The van der Waals surface area contributed by atoms with E-state index in [1.807, 2.05) is 0 Å². The van der Waals surface area contributed by atoms with Gasteiger partial charge in [0.2, 0.25) is 0 Å². The highest BCUT2D eigenvalue weighted by atomic mass is 15.1. The molecule has 19 heavy (non-hydrogen) atoms. The highest BCUT2D eigenvalue weighted by Crippen LogP contribution is 2.21. The van der Waals surface area contributed by atoms with Crippen LogP contribution in [0.2, 0.25) is 0 Å². The molecule has 2 nitrogen and oxygen atoms in total. The predicted octanol–water partition coefficient (Wildman–Crippen LogP) is 3.29. The average molecular weight is 260 g/mol. The predicted molar refractivity (Wildman–Crippen MR) is 82.2 cm³/mol. The van der Waals surface area contributed by atoms with E-state index in [1.54, 1.807) is 0 Å². The molecule has 1 aromatic rings. The molecule has 0 aromatic heterocycles. The minimum Gasteiger partial charge on any atom is -0.314 e. The van der Waals surface area contributed by atoms with Crippen molar-refractivity contribution in [2.75, 3.05) is 19.6 Å². The van der Waals surface area contributed by atoms with Crippen molar-refractivity contribution in [3.8, 4) is 0 Å². The lowest BCUT2D eigenvalue weighted by Gasteiger charge is -2.39. The molecule has 2 atom stereocenters. The van der Waals surface area contributed by atoms with Crippen molar-refractivity contribution in [1.29, 1.82) is 0 Å². The molecule has 2 unspecified atom stereocenters. The number of hydrogen-bond acceptors (Lipinski definition) is 2. The zero-order valence-corrected chi connectivity index (χ0v) is 12.4. The Morgan fingerprint density at radius 1 is 1.21 bits per heavy atom. The summed E-state index contributed by atoms with van der Waals surface area (Å²) in [6, 6.07) is 11.6. The van der Waals surface area contributed by atoms with Crippen molar-refractivity contribution < 1.29 is 0 Å². The molecule has 0 saturated carbocycles. The van der Waals surface area contributed by atoms with Gasteiger partial charge in [0.05, 0.1) is 0 Å². The maximum Gasteiger partial charge on any atom is 0.0233 e. The van der Waals surface area contributed by atoms with E-state index in [9.17, 15) is 0 Å². The molecular weight excluding hydrogens is 232 g/mol. The van der Waals surface area contributed by atoms with Gasteiger partial charge in [-0.3, -0.25) is 4.90 Å². The molecule has 1 aromatic carbocycles. The van der Waals surface area contributed by atoms with Crippen LogP contribution in [0.15, 0.2) is 30.3 Å². The van der Waals surface area contributed by atoms with Crippen LogP contribution in [0.3, 0.4) is 0 Å². The van der Waals surface area contributed by atoms with Gasteiger partial charge in [0.1, 0.15) is 0 Å². The fourth-order valence-electron chi connectivity index (χ4n) is 3.10. The summed E-state index contributed by atoms with van der Waals surface area (Å²) < 4.78 is 0. The summed E-state index contributed by atoms with van der Waals surface area (Å²) in [5.41, 5.74) is 1.44. The third-order valence-corrected chi connectivity index (χ3v) is 4.25. The molecular formula is C17H28N2. The van der Waals surface area contributed by atoms with Crippen LogP contribution in [-0.2, 0) is 6.54 Å². The summed E-state index contributed by atoms with van der Waals surface area (Å²) in [5.74, 6) is 0.809. The van der Waals surface area contributed by atoms with E-state index in [0.29, 0.717) is 0 Å². The van der Waals surface area contributed by atoms with E-state index < -0.39 is 0 Å². The normalized spacial score (nSPS) is 24.5. The molecule has 1 fully saturated rings. The Labute approximate surface area is 118 Å². The summed E-state index contributed by atoms with van der Waals surface area (Å²) in [4.78, 5) is 2.62. The maximum absolute atomic E-state index is 3.73. The van der Waals surface area contributed by atoms with Crippen LogP contribution in [0.25, 0.3) is 0 Å². The molecule has 0 amide bonds. The lowest BCUT2D eigenvalue weighted by atomic mass is 9.89. The van der Waals surface area contributed by atoms with Gasteiger partial charge in [0, 0.05) is 19.1 Å². The molecule has 106 valence electrons. The summed E-state index contributed by atoms with van der Waals surface area (Å²) in [7, 11) is 0. The van der Waals surface area contributed by atoms with Gasteiger partial charge in [-0.05, 0) is 37.4 Å². The second-order valence-corrected chi connectivity index (χ2v) is 5.74. The van der Waals surface area contributed by atoms with Crippen molar-refractivity contribution in [1.82, 2.24) is 10.2 Å². The largest absolute Gasteiger partial charge is 0.314 e. The summed E-state index contributed by atoms with van der Waals surface area (Å²) in [6.07, 6.45) is 3.82. The first kappa shape index (κ1) is 14.5. The number of piperidine rings is 1. The van der Waals surface area contributed by atoms with Crippen molar-refractivity contribution >= 4 is 0 Å². The minimum absolute atomic E-state index is 0.733. The minimum atomic E-state index is 0.733. The Hall–Kier alpha value is -0.860. The molecule has 0 aliphatic carbocycles. The number of nitrogens with zero attached hydrogens (tertiary/aromatic N) is 1. The topological polar surface area (TPSA) is 15.3 Å². The fraction of sp³-hybridized carbons (Fsp3) is 0.647. The zero-order valence-electron chi connectivity index (χ0n) is 12.4. The second-order valence-electron chi connectivity index (χ2n) is 5.74. The first-order chi connectivity index (χ1) is 9.33. The molecule has 0 radical (unpaired) electrons. The van der Waals surface area contributed by atoms with Crippen LogP contribution in [-0.4, -0.2) is 30.6 Å². The van der Waals surface area contributed by atoms with Gasteiger partial charge in [0.15, 0.2) is 0 Å². The molecule has 1 aliphatic heterocycles. The Balaban J connectivity index is 1.86. The van der Waals surface area contributed by atoms with Crippen LogP contribution >= 0.6 is 0 Å². The lowest BCUT2D eigenvalue weighted by molar-refractivity contribution is 0.129. The first-order valence-corrected chi connectivity index (χ1v) is 7.83. The smallest absolute Gasteiger partial charge is 0.0233 e. The van der Waals surface area contributed by atoms with E-state index in [1.165, 1.54) is 44.5 Å². The third-order valence-electron chi connectivity index (χ3n) is 4.25. The van der Waals surface area contributed by atoms with Gasteiger partial charge in [-0.2, -0.15) is 0 Å². The van der Waals surface area contributed by atoms with Crippen molar-refractivity contribution in [2.24, 2.45) is 5.92 Å². The van der Waals surface area contributed by atoms with Gasteiger partial charge in [-0.15, -0.1) is 0 Å². The van der Waals surface area contributed by atoms with Crippen molar-refractivity contribution in [2.45, 2.75) is 45.7 Å². The second kappa shape index (κ2) is 7.66. The maximum atomic E-state index is 3.73. The van der Waals surface area contributed by atoms with Crippen molar-refractivity contribution in [3.05, 3.63) is 35.9 Å². The van der Waals surface area contributed by atoms with Crippen LogP contribution in [0, 0.1) is 5.92 Å². The van der Waals surface area contributed by atoms with E-state index in [0.717, 1.165) is 18.5 Å². The van der Waals surface area contributed by atoms with Gasteiger partial charge < -0.3 is 5.32 Å². The molecule has 1 saturated heterocycles. The van der Waals surface area contributed by atoms with Gasteiger partial charge in [0.25, 0.3) is 0 Å². The monoisotopic (exact) mass is 260 g/mol. The van der Waals surface area contributed by atoms with Crippen molar-refractivity contribution in [3.63, 3.8) is 0 Å². The molecule has 0 spiro atoms. The van der Waals surface area contributed by atoms with Gasteiger partial charge >= 0.3 is 0 Å². The fourth-order valence-corrected chi connectivity index (χ4v) is 3.10. The molecule has 2 heteroatoms. The third kappa shape index (κ3) is 4.32. The van der Waals surface area contributed by atoms with Crippen LogP contribution in [0.5, 0.6) is 0 Å². The number of benzene rings is 1. The van der Waals surface area contributed by atoms with E-state index >= 15 is 0 Å². The van der Waals surface area contributed by atoms with Crippen LogP contribution < -0.4 is 5.32 Å². The molecule has 2 rings (SSSR count). The highest BCUT2D eigenvalue weighted by Gasteiger charge is 2.27. The van der Waals surface area contributed by atoms with Gasteiger partial charge in [-0.1, -0.05) is 50.6 Å².